The number of aliphatic carboxylic acids is 1. The number of fused-ring (bicyclic) bond motifs is 7. The van der Waals surface area contributed by atoms with Gasteiger partial charge in [0.15, 0.2) is 0 Å². The lowest BCUT2D eigenvalue weighted by atomic mass is 9.32. The number of hydrogen-bond donors (Lipinski definition) is 1. The van der Waals surface area contributed by atoms with E-state index in [1.165, 1.54) is 50.4 Å². The monoisotopic (exact) mass is 482 g/mol. The molecule has 0 spiro atoms. The van der Waals surface area contributed by atoms with Crippen molar-refractivity contribution >= 4 is 12.3 Å². The lowest BCUT2D eigenvalue weighted by Gasteiger charge is -2.73. The Kier molecular flexibility index (Phi) is 5.79. The van der Waals surface area contributed by atoms with Crippen LogP contribution in [0, 0.1) is 62.6 Å². The Hall–Kier alpha value is -1.12. The largest absolute Gasteiger partial charge is 0.481 e. The van der Waals surface area contributed by atoms with Crippen molar-refractivity contribution in [2.75, 3.05) is 0 Å². The molecule has 196 valence electrons. The molecule has 0 saturated heterocycles. The molecular weight excluding hydrogens is 432 g/mol. The van der Waals surface area contributed by atoms with Gasteiger partial charge in [-0.15, -0.1) is 0 Å². The van der Waals surface area contributed by atoms with Gasteiger partial charge in [-0.3, -0.25) is 4.79 Å². The molecule has 0 aromatic heterocycles. The molecule has 3 nitrogen and oxygen atoms in total. The van der Waals surface area contributed by atoms with E-state index < -0.39 is 5.97 Å². The summed E-state index contributed by atoms with van der Waals surface area (Å²) in [6, 6.07) is 0. The molecular formula is C32H50O3. The molecule has 10 atom stereocenters. The molecule has 5 saturated carbocycles. The van der Waals surface area contributed by atoms with Crippen LogP contribution in [-0.2, 0) is 9.59 Å². The molecule has 5 aliphatic rings. The first-order valence-electron chi connectivity index (χ1n) is 14.6. The average molecular weight is 483 g/mol. The zero-order chi connectivity index (χ0) is 25.6. The molecule has 0 amide bonds. The maximum absolute atomic E-state index is 12.6. The van der Waals surface area contributed by atoms with Crippen molar-refractivity contribution in [1.29, 1.82) is 0 Å². The lowest BCUT2D eigenvalue weighted by molar-refractivity contribution is -0.240. The molecule has 0 radical (unpaired) electrons. The van der Waals surface area contributed by atoms with Crippen molar-refractivity contribution in [3.63, 3.8) is 0 Å². The number of rotatable bonds is 4. The Labute approximate surface area is 213 Å². The molecule has 0 aliphatic heterocycles. The van der Waals surface area contributed by atoms with E-state index in [4.69, 9.17) is 0 Å². The third-order valence-corrected chi connectivity index (χ3v) is 14.0. The van der Waals surface area contributed by atoms with Gasteiger partial charge in [-0.25, -0.2) is 0 Å². The van der Waals surface area contributed by atoms with E-state index >= 15 is 0 Å². The third-order valence-electron chi connectivity index (χ3n) is 14.0. The maximum Gasteiger partial charge on any atom is 0.303 e. The first-order chi connectivity index (χ1) is 16.3. The zero-order valence-corrected chi connectivity index (χ0v) is 23.3. The van der Waals surface area contributed by atoms with Gasteiger partial charge in [0.1, 0.15) is 6.29 Å². The van der Waals surface area contributed by atoms with Crippen molar-refractivity contribution < 1.29 is 14.7 Å². The summed E-state index contributed by atoms with van der Waals surface area (Å²) in [7, 11) is 0. The SMILES string of the molecule is C=C(C)[C@@H]1CC[C@]2(C=O)CC[C@]3(C)[C@H](CC[C@@H]4[C@]5(C)CC[C@@H](CC(=O)O)C(C)(C)[C@H]5CC[C@]43C)[C@@H]12. The van der Waals surface area contributed by atoms with Crippen LogP contribution in [0.5, 0.6) is 0 Å². The van der Waals surface area contributed by atoms with Crippen LogP contribution in [0.25, 0.3) is 0 Å². The van der Waals surface area contributed by atoms with Crippen LogP contribution in [0.2, 0.25) is 0 Å². The number of carbonyl (C=O) groups is 2. The number of allylic oxidation sites excluding steroid dienone is 1. The highest BCUT2D eigenvalue weighted by atomic mass is 16.4. The summed E-state index contributed by atoms with van der Waals surface area (Å²) in [5.74, 6) is 2.52. The Balaban J connectivity index is 1.51. The molecule has 0 unspecified atom stereocenters. The van der Waals surface area contributed by atoms with Crippen molar-refractivity contribution in [3.05, 3.63) is 12.2 Å². The second-order valence-corrected chi connectivity index (χ2v) is 15.2. The van der Waals surface area contributed by atoms with Gasteiger partial charge in [0.25, 0.3) is 0 Å². The van der Waals surface area contributed by atoms with Crippen molar-refractivity contribution in [3.8, 4) is 0 Å². The summed E-state index contributed by atoms with van der Waals surface area (Å²) < 4.78 is 0. The van der Waals surface area contributed by atoms with Crippen LogP contribution in [0.15, 0.2) is 12.2 Å². The van der Waals surface area contributed by atoms with Gasteiger partial charge in [-0.05, 0) is 128 Å². The van der Waals surface area contributed by atoms with Crippen LogP contribution in [0.4, 0.5) is 0 Å². The molecule has 5 rings (SSSR count). The van der Waals surface area contributed by atoms with E-state index in [-0.39, 0.29) is 33.0 Å². The number of carboxylic acid groups (broad SMARTS) is 1. The summed E-state index contributed by atoms with van der Waals surface area (Å²) >= 11 is 0. The first-order valence-corrected chi connectivity index (χ1v) is 14.6. The van der Waals surface area contributed by atoms with E-state index in [1.807, 2.05) is 0 Å². The fourth-order valence-electron chi connectivity index (χ4n) is 12.1. The molecule has 1 N–H and O–H groups in total. The van der Waals surface area contributed by atoms with E-state index in [0.717, 1.165) is 25.7 Å². The molecule has 5 aliphatic carbocycles. The predicted octanol–water partition coefficient (Wildman–Crippen LogP) is 7.93. The van der Waals surface area contributed by atoms with Crippen LogP contribution in [-0.4, -0.2) is 17.4 Å². The highest BCUT2D eigenvalue weighted by Crippen LogP contribution is 2.77. The van der Waals surface area contributed by atoms with Gasteiger partial charge in [-0.2, -0.15) is 0 Å². The Morgan fingerprint density at radius 1 is 0.886 bits per heavy atom. The molecule has 0 heterocycles. The minimum absolute atomic E-state index is 0.0697. The van der Waals surface area contributed by atoms with Crippen molar-refractivity contribution in [2.45, 2.75) is 112 Å². The van der Waals surface area contributed by atoms with Gasteiger partial charge >= 0.3 is 5.97 Å². The quantitative estimate of drug-likeness (QED) is 0.327. The van der Waals surface area contributed by atoms with Gasteiger partial charge in [0.05, 0.1) is 0 Å². The van der Waals surface area contributed by atoms with Crippen LogP contribution in [0.1, 0.15) is 112 Å². The van der Waals surface area contributed by atoms with Gasteiger partial charge in [0, 0.05) is 11.8 Å². The van der Waals surface area contributed by atoms with E-state index in [9.17, 15) is 14.7 Å². The Morgan fingerprint density at radius 3 is 2.23 bits per heavy atom. The summed E-state index contributed by atoms with van der Waals surface area (Å²) in [5.41, 5.74) is 2.08. The Morgan fingerprint density at radius 2 is 1.60 bits per heavy atom. The minimum atomic E-state index is -0.634. The summed E-state index contributed by atoms with van der Waals surface area (Å²) in [6.45, 7) is 19.2. The average Bonchev–Trinajstić information content (AvgIpc) is 3.16. The van der Waals surface area contributed by atoms with Crippen molar-refractivity contribution in [2.24, 2.45) is 62.6 Å². The minimum Gasteiger partial charge on any atom is -0.481 e. The maximum atomic E-state index is 12.6. The standard InChI is InChI=1S/C32H50O3/c1-20(2)22-11-15-32(19-33)17-16-30(6)23(27(22)32)8-9-25-29(5)13-10-21(18-26(34)35)28(3,4)24(29)12-14-31(25,30)7/h19,21-25,27H,1,8-18H2,2-7H3,(H,34,35)/t21-,22-,23+,24+,25+,27+,29+,30+,31+,32+/m0/s1. The number of carboxylic acids is 1. The van der Waals surface area contributed by atoms with Crippen molar-refractivity contribution in [1.82, 2.24) is 0 Å². The van der Waals surface area contributed by atoms with Crippen LogP contribution < -0.4 is 0 Å². The van der Waals surface area contributed by atoms with E-state index in [2.05, 4.69) is 48.1 Å². The topological polar surface area (TPSA) is 54.4 Å². The highest BCUT2D eigenvalue weighted by molar-refractivity contribution is 5.67. The third kappa shape index (κ3) is 3.21. The number of hydrogen-bond acceptors (Lipinski definition) is 2. The molecule has 5 fully saturated rings. The lowest BCUT2D eigenvalue weighted by Crippen LogP contribution is -2.66. The molecule has 0 aromatic carbocycles. The second kappa shape index (κ2) is 7.94. The fourth-order valence-corrected chi connectivity index (χ4v) is 12.1. The fraction of sp³-hybridized carbons (Fsp3) is 0.875. The summed E-state index contributed by atoms with van der Waals surface area (Å²) in [4.78, 5) is 24.3. The predicted molar refractivity (Wildman–Crippen MR) is 141 cm³/mol. The summed E-state index contributed by atoms with van der Waals surface area (Å²) in [5, 5.41) is 9.60. The van der Waals surface area contributed by atoms with E-state index in [0.29, 0.717) is 36.0 Å². The molecule has 35 heavy (non-hydrogen) atoms. The van der Waals surface area contributed by atoms with E-state index in [1.54, 1.807) is 0 Å². The second-order valence-electron chi connectivity index (χ2n) is 15.2. The van der Waals surface area contributed by atoms with Gasteiger partial charge in [0.2, 0.25) is 0 Å². The zero-order valence-electron chi connectivity index (χ0n) is 23.3. The number of aldehydes is 1. The van der Waals surface area contributed by atoms with Crippen LogP contribution in [0.3, 0.4) is 0 Å². The number of carbonyl (C=O) groups excluding carboxylic acids is 1. The van der Waals surface area contributed by atoms with Crippen LogP contribution >= 0.6 is 0 Å². The molecule has 3 heteroatoms. The molecule has 0 bridgehead atoms. The first kappa shape index (κ1) is 25.5. The van der Waals surface area contributed by atoms with Gasteiger partial charge in [-0.1, -0.05) is 46.8 Å². The smallest absolute Gasteiger partial charge is 0.303 e. The normalized spacial score (nSPS) is 52.4. The summed E-state index contributed by atoms with van der Waals surface area (Å²) in [6.07, 6.45) is 13.4. The highest BCUT2D eigenvalue weighted by Gasteiger charge is 2.70. The molecule has 0 aromatic rings. The van der Waals surface area contributed by atoms with Gasteiger partial charge < -0.3 is 9.90 Å². The Bertz CT molecular complexity index is 920.